The third-order valence-corrected chi connectivity index (χ3v) is 12.5. The van der Waals surface area contributed by atoms with Gasteiger partial charge in [-0.2, -0.15) is 0 Å². The van der Waals surface area contributed by atoms with Crippen molar-refractivity contribution in [3.63, 3.8) is 0 Å². The highest BCUT2D eigenvalue weighted by Gasteiger charge is 2.32. The number of imide groups is 1. The normalized spacial score (nSPS) is 19.7. The molecular formula is C41H42N8O4S. The molecule has 9 rings (SSSR count). The lowest BCUT2D eigenvalue weighted by atomic mass is 10.0. The third-order valence-electron chi connectivity index (χ3n) is 11.3. The van der Waals surface area contributed by atoms with Crippen molar-refractivity contribution in [3.05, 3.63) is 87.7 Å². The second-order valence-corrected chi connectivity index (χ2v) is 15.9. The van der Waals surface area contributed by atoms with Gasteiger partial charge in [0.25, 0.3) is 5.91 Å². The molecule has 2 atom stereocenters. The first-order chi connectivity index (χ1) is 26.1. The molecule has 0 saturated carbocycles. The molecule has 276 valence electrons. The largest absolute Gasteiger partial charge is 0.371 e. The second kappa shape index (κ2) is 13.4. The van der Waals surface area contributed by atoms with E-state index in [0.717, 1.165) is 105 Å². The van der Waals surface area contributed by atoms with E-state index in [1.807, 2.05) is 19.1 Å². The summed E-state index contributed by atoms with van der Waals surface area (Å²) in [6, 6.07) is 22.3. The summed E-state index contributed by atoms with van der Waals surface area (Å²) in [5.74, 6) is -0.721. The third kappa shape index (κ3) is 5.82. The van der Waals surface area contributed by atoms with Crippen molar-refractivity contribution in [3.8, 4) is 11.3 Å². The lowest BCUT2D eigenvalue weighted by Gasteiger charge is -2.36. The molecule has 6 aromatic rings. The zero-order valence-corrected chi connectivity index (χ0v) is 31.4. The number of aryl methyl sites for hydroxylation is 1. The number of pyridine rings is 1. The van der Waals surface area contributed by atoms with Crippen LogP contribution in [0, 0.1) is 0 Å². The van der Waals surface area contributed by atoms with Gasteiger partial charge in [0, 0.05) is 92.5 Å². The Hall–Kier alpha value is -5.53. The van der Waals surface area contributed by atoms with Crippen LogP contribution in [-0.2, 0) is 23.1 Å². The molecule has 6 heterocycles. The summed E-state index contributed by atoms with van der Waals surface area (Å²) in [6.07, 6.45) is 1.32. The topological polar surface area (TPSA) is 125 Å². The van der Waals surface area contributed by atoms with Crippen LogP contribution < -0.4 is 26.1 Å². The molecule has 3 aromatic heterocycles. The van der Waals surface area contributed by atoms with E-state index in [9.17, 15) is 19.2 Å². The molecule has 2 N–H and O–H groups in total. The van der Waals surface area contributed by atoms with E-state index in [1.54, 1.807) is 27.5 Å². The van der Waals surface area contributed by atoms with Crippen LogP contribution in [0.3, 0.4) is 0 Å². The fourth-order valence-electron chi connectivity index (χ4n) is 8.60. The average Bonchev–Trinajstić information content (AvgIpc) is 3.66. The molecule has 1 unspecified atom stereocenters. The number of hydrogen-bond acceptors (Lipinski definition) is 9. The maximum atomic E-state index is 13.3. The Balaban J connectivity index is 0.868. The monoisotopic (exact) mass is 742 g/mol. The number of para-hydroxylation sites is 1. The molecule has 3 aliphatic rings. The van der Waals surface area contributed by atoms with Crippen molar-refractivity contribution in [1.29, 1.82) is 0 Å². The fourth-order valence-corrected chi connectivity index (χ4v) is 9.77. The van der Waals surface area contributed by atoms with E-state index in [2.05, 4.69) is 87.0 Å². The Morgan fingerprint density at radius 3 is 2.48 bits per heavy atom. The van der Waals surface area contributed by atoms with Gasteiger partial charge in [0.15, 0.2) is 0 Å². The van der Waals surface area contributed by atoms with Crippen molar-refractivity contribution in [2.24, 2.45) is 7.05 Å². The molecule has 3 aromatic carbocycles. The molecule has 3 aliphatic heterocycles. The molecular weight excluding hydrogens is 701 g/mol. The van der Waals surface area contributed by atoms with E-state index in [1.165, 1.54) is 5.69 Å². The fraction of sp³-hybridized carbons (Fsp3) is 0.341. The van der Waals surface area contributed by atoms with Gasteiger partial charge in [0.05, 0.1) is 27.9 Å². The van der Waals surface area contributed by atoms with E-state index in [-0.39, 0.29) is 30.0 Å². The molecule has 0 aliphatic carbocycles. The molecule has 12 nitrogen and oxygen atoms in total. The van der Waals surface area contributed by atoms with Crippen molar-refractivity contribution in [2.45, 2.75) is 38.3 Å². The van der Waals surface area contributed by atoms with Gasteiger partial charge < -0.3 is 15.1 Å². The maximum Gasteiger partial charge on any atom is 0.329 e. The summed E-state index contributed by atoms with van der Waals surface area (Å²) in [4.78, 5) is 63.6. The van der Waals surface area contributed by atoms with Gasteiger partial charge in [0.1, 0.15) is 10.9 Å². The van der Waals surface area contributed by atoms with Crippen LogP contribution >= 0.6 is 11.3 Å². The highest BCUT2D eigenvalue weighted by molar-refractivity contribution is 7.21. The number of rotatable bonds is 6. The smallest absolute Gasteiger partial charge is 0.329 e. The minimum Gasteiger partial charge on any atom is -0.371 e. The van der Waals surface area contributed by atoms with E-state index >= 15 is 0 Å². The van der Waals surface area contributed by atoms with Gasteiger partial charge in [-0.1, -0.05) is 24.3 Å². The number of likely N-dealkylation sites (N-methyl/N-ethyl adjacent to an activating group) is 1. The number of nitrogens with one attached hydrogen (secondary N) is 2. The Bertz CT molecular complexity index is 2550. The summed E-state index contributed by atoms with van der Waals surface area (Å²) in [5, 5.41) is 7.66. The number of fused-ring (bicyclic) bond motifs is 6. The van der Waals surface area contributed by atoms with Crippen LogP contribution in [0.4, 0.5) is 11.4 Å². The van der Waals surface area contributed by atoms with E-state index in [0.29, 0.717) is 6.42 Å². The molecule has 2 fully saturated rings. The first-order valence-electron chi connectivity index (χ1n) is 18.6. The van der Waals surface area contributed by atoms with Gasteiger partial charge in [-0.25, -0.2) is 9.78 Å². The number of carbonyl (C=O) groups excluding carboxylic acids is 3. The zero-order valence-electron chi connectivity index (χ0n) is 30.6. The van der Waals surface area contributed by atoms with Crippen molar-refractivity contribution in [2.75, 3.05) is 56.1 Å². The van der Waals surface area contributed by atoms with Crippen molar-refractivity contribution >= 4 is 72.5 Å². The molecule has 0 bridgehead atoms. The lowest BCUT2D eigenvalue weighted by Crippen LogP contribution is -2.47. The van der Waals surface area contributed by atoms with Gasteiger partial charge in [-0.15, -0.1) is 11.3 Å². The van der Waals surface area contributed by atoms with Gasteiger partial charge in [-0.05, 0) is 67.8 Å². The highest BCUT2D eigenvalue weighted by Crippen LogP contribution is 2.43. The minimum atomic E-state index is -0.689. The van der Waals surface area contributed by atoms with Crippen molar-refractivity contribution in [1.82, 2.24) is 29.7 Å². The number of piperidine rings is 1. The zero-order chi connectivity index (χ0) is 37.2. The van der Waals surface area contributed by atoms with Gasteiger partial charge >= 0.3 is 5.69 Å². The molecule has 54 heavy (non-hydrogen) atoms. The summed E-state index contributed by atoms with van der Waals surface area (Å²) in [7, 11) is 3.82. The maximum absolute atomic E-state index is 13.3. The molecule has 0 spiro atoms. The molecule has 0 radical (unpaired) electrons. The summed E-state index contributed by atoms with van der Waals surface area (Å²) >= 11 is 1.55. The number of thiophene rings is 1. The van der Waals surface area contributed by atoms with Crippen LogP contribution in [0.15, 0.2) is 71.5 Å². The summed E-state index contributed by atoms with van der Waals surface area (Å²) in [5.41, 5.74) is 7.48. The van der Waals surface area contributed by atoms with Crippen molar-refractivity contribution < 1.29 is 14.4 Å². The Morgan fingerprint density at radius 2 is 1.70 bits per heavy atom. The van der Waals surface area contributed by atoms with Crippen LogP contribution in [0.25, 0.3) is 43.3 Å². The quantitative estimate of drug-likeness (QED) is 0.236. The number of aromatic nitrogens is 3. The predicted octanol–water partition coefficient (Wildman–Crippen LogP) is 4.68. The number of nitrogens with zero attached hydrogens (tertiary/aromatic N) is 6. The van der Waals surface area contributed by atoms with Crippen LogP contribution in [0.2, 0.25) is 0 Å². The summed E-state index contributed by atoms with van der Waals surface area (Å²) in [6.45, 7) is 7.32. The summed E-state index contributed by atoms with van der Waals surface area (Å²) < 4.78 is 4.28. The standard InChI is InChI=1S/C41H42N8O4S/c1-24-23-45(2)37-35-28-11-12-29(43-30(28)13-15-33(35)54-38(37)40(52)42-24)25-7-9-27(10-8-25)48-21-19-47(20-22-48)18-17-26-5-4-6-31-36(26)46(3)41(53)49(31)32-14-16-34(50)44-39(32)51/h4-13,15,24,32H,14,16-23H2,1-3H3,(H,42,52)(H,44,50,51)/t24-,32?/m1/s1. The number of benzene rings is 3. The van der Waals surface area contributed by atoms with Crippen LogP contribution in [0.1, 0.15) is 41.0 Å². The number of imidazole rings is 1. The average molecular weight is 743 g/mol. The lowest BCUT2D eigenvalue weighted by molar-refractivity contribution is -0.135. The number of amides is 3. The highest BCUT2D eigenvalue weighted by atomic mass is 32.1. The van der Waals surface area contributed by atoms with Crippen LogP contribution in [-0.4, -0.2) is 89.1 Å². The molecule has 13 heteroatoms. The number of piperazine rings is 1. The minimum absolute atomic E-state index is 0.00860. The Morgan fingerprint density at radius 1 is 0.907 bits per heavy atom. The van der Waals surface area contributed by atoms with Gasteiger partial charge in [0.2, 0.25) is 11.8 Å². The Labute approximate surface area is 316 Å². The number of carbonyl (C=O) groups is 3. The number of hydrogen-bond donors (Lipinski definition) is 2. The first-order valence-corrected chi connectivity index (χ1v) is 19.4. The Kier molecular flexibility index (Phi) is 8.50. The molecule has 2 saturated heterocycles. The van der Waals surface area contributed by atoms with Gasteiger partial charge in [-0.3, -0.25) is 33.7 Å². The number of anilines is 2. The first kappa shape index (κ1) is 34.3. The predicted molar refractivity (Wildman–Crippen MR) is 214 cm³/mol. The van der Waals surface area contributed by atoms with Crippen LogP contribution in [0.5, 0.6) is 0 Å². The molecule has 3 amide bonds. The SMILES string of the molecule is C[C@@H]1CN(C)c2c(sc3ccc4nc(-c5ccc(N6CCN(CCc7cccc8c7n(C)c(=O)n8C7CCC(=O)NC7=O)CC6)cc5)ccc4c23)C(=O)N1. The van der Waals surface area contributed by atoms with E-state index < -0.39 is 11.9 Å². The van der Waals surface area contributed by atoms with E-state index in [4.69, 9.17) is 4.98 Å². The second-order valence-electron chi connectivity index (χ2n) is 14.8.